The number of hydrogen-bond acceptors (Lipinski definition) is 4. The van der Waals surface area contributed by atoms with Gasteiger partial charge in [0.05, 0.1) is 11.4 Å². The third kappa shape index (κ3) is 3.34. The Labute approximate surface area is 138 Å². The average molecular weight is 332 g/mol. The van der Waals surface area contributed by atoms with Gasteiger partial charge in [0.15, 0.2) is 5.58 Å². The predicted molar refractivity (Wildman–Crippen MR) is 86.6 cm³/mol. The Kier molecular flexibility index (Phi) is 4.69. The summed E-state index contributed by atoms with van der Waals surface area (Å²) in [5.74, 6) is -1.52. The van der Waals surface area contributed by atoms with Crippen molar-refractivity contribution in [1.29, 1.82) is 0 Å². The molecule has 1 aliphatic rings. The van der Waals surface area contributed by atoms with Crippen LogP contribution in [-0.2, 0) is 16.1 Å². The third-order valence-electron chi connectivity index (χ3n) is 4.54. The van der Waals surface area contributed by atoms with Crippen LogP contribution in [0.4, 0.5) is 0 Å². The van der Waals surface area contributed by atoms with Gasteiger partial charge in [0.1, 0.15) is 0 Å². The van der Waals surface area contributed by atoms with Crippen molar-refractivity contribution in [3.05, 3.63) is 34.8 Å². The maximum atomic E-state index is 12.2. The second-order valence-electron chi connectivity index (χ2n) is 6.08. The van der Waals surface area contributed by atoms with E-state index >= 15 is 0 Å². The number of aromatic nitrogens is 1. The van der Waals surface area contributed by atoms with Crippen molar-refractivity contribution < 1.29 is 19.1 Å². The summed E-state index contributed by atoms with van der Waals surface area (Å²) in [6.07, 6.45) is 1.89. The first-order valence-electron chi connectivity index (χ1n) is 8.15. The Morgan fingerprint density at radius 2 is 1.92 bits per heavy atom. The minimum absolute atomic E-state index is 0.0136. The van der Waals surface area contributed by atoms with Crippen LogP contribution >= 0.6 is 0 Å². The van der Waals surface area contributed by atoms with Crippen LogP contribution in [0.15, 0.2) is 33.5 Å². The number of carboxylic acid groups (broad SMARTS) is 1. The molecule has 1 amide bonds. The summed E-state index contributed by atoms with van der Waals surface area (Å²) >= 11 is 0. The van der Waals surface area contributed by atoms with Gasteiger partial charge in [-0.15, -0.1) is 0 Å². The van der Waals surface area contributed by atoms with Crippen LogP contribution in [0.25, 0.3) is 11.1 Å². The van der Waals surface area contributed by atoms with Crippen molar-refractivity contribution in [2.45, 2.75) is 32.2 Å². The standard InChI is InChI=1S/C17H20N2O5/c20-15(18-10-7-12(8-11-18)16(21)22)6-3-9-19-13-4-1-2-5-14(13)24-17(19)23/h1-2,4-5,12H,3,6-11H2,(H,21,22). The van der Waals surface area contributed by atoms with Gasteiger partial charge in [-0.25, -0.2) is 4.79 Å². The highest BCUT2D eigenvalue weighted by Gasteiger charge is 2.26. The molecule has 3 rings (SSSR count). The van der Waals surface area contributed by atoms with E-state index in [-0.39, 0.29) is 11.8 Å². The normalized spacial score (nSPS) is 15.8. The molecule has 128 valence electrons. The number of benzene rings is 1. The summed E-state index contributed by atoms with van der Waals surface area (Å²) in [6, 6.07) is 7.20. The van der Waals surface area contributed by atoms with Crippen molar-refractivity contribution in [2.75, 3.05) is 13.1 Å². The molecule has 1 aromatic carbocycles. The smallest absolute Gasteiger partial charge is 0.419 e. The number of carbonyl (C=O) groups excluding carboxylic acids is 1. The van der Waals surface area contributed by atoms with Gasteiger partial charge in [-0.3, -0.25) is 14.2 Å². The molecule has 1 saturated heterocycles. The van der Waals surface area contributed by atoms with Gasteiger partial charge in [-0.05, 0) is 31.4 Å². The molecule has 0 radical (unpaired) electrons. The number of hydrogen-bond donors (Lipinski definition) is 1. The highest BCUT2D eigenvalue weighted by Crippen LogP contribution is 2.18. The molecule has 1 fully saturated rings. The van der Waals surface area contributed by atoms with Crippen LogP contribution in [0.1, 0.15) is 25.7 Å². The summed E-state index contributed by atoms with van der Waals surface area (Å²) in [5.41, 5.74) is 1.28. The van der Waals surface area contributed by atoms with Gasteiger partial charge in [-0.2, -0.15) is 0 Å². The quantitative estimate of drug-likeness (QED) is 0.899. The number of likely N-dealkylation sites (tertiary alicyclic amines) is 1. The van der Waals surface area contributed by atoms with Gasteiger partial charge in [0.25, 0.3) is 0 Å². The Balaban J connectivity index is 1.53. The molecule has 2 aromatic rings. The van der Waals surface area contributed by atoms with E-state index in [1.54, 1.807) is 21.6 Å². The second kappa shape index (κ2) is 6.90. The van der Waals surface area contributed by atoms with Crippen molar-refractivity contribution in [1.82, 2.24) is 9.47 Å². The molecule has 0 atom stereocenters. The van der Waals surface area contributed by atoms with E-state index < -0.39 is 11.7 Å². The van der Waals surface area contributed by atoms with Crippen LogP contribution in [0, 0.1) is 5.92 Å². The molecule has 7 heteroatoms. The summed E-state index contributed by atoms with van der Waals surface area (Å²) < 4.78 is 6.70. The fraction of sp³-hybridized carbons (Fsp3) is 0.471. The van der Waals surface area contributed by atoms with E-state index in [0.29, 0.717) is 50.9 Å². The zero-order valence-electron chi connectivity index (χ0n) is 13.3. The fourth-order valence-electron chi connectivity index (χ4n) is 3.15. The Hall–Kier alpha value is -2.57. The second-order valence-corrected chi connectivity index (χ2v) is 6.08. The number of nitrogens with zero attached hydrogens (tertiary/aromatic N) is 2. The molecule has 7 nitrogen and oxygen atoms in total. The highest BCUT2D eigenvalue weighted by molar-refractivity contribution is 5.77. The van der Waals surface area contributed by atoms with E-state index in [9.17, 15) is 14.4 Å². The van der Waals surface area contributed by atoms with Gasteiger partial charge in [0, 0.05) is 26.1 Å². The maximum absolute atomic E-state index is 12.2. The first-order valence-corrected chi connectivity index (χ1v) is 8.15. The molecule has 0 spiro atoms. The largest absolute Gasteiger partial charge is 0.481 e. The van der Waals surface area contributed by atoms with E-state index in [1.165, 1.54) is 0 Å². The number of fused-ring (bicyclic) bond motifs is 1. The maximum Gasteiger partial charge on any atom is 0.419 e. The lowest BCUT2D eigenvalue weighted by Gasteiger charge is -2.30. The van der Waals surface area contributed by atoms with Gasteiger partial charge in [0.2, 0.25) is 5.91 Å². The lowest BCUT2D eigenvalue weighted by atomic mass is 9.97. The number of amides is 1. The number of para-hydroxylation sites is 2. The van der Waals surface area contributed by atoms with Gasteiger partial charge in [-0.1, -0.05) is 12.1 Å². The molecule has 1 aliphatic heterocycles. The Bertz CT molecular complexity index is 799. The number of aryl methyl sites for hydroxylation is 1. The van der Waals surface area contributed by atoms with Crippen LogP contribution in [0.5, 0.6) is 0 Å². The summed E-state index contributed by atoms with van der Waals surface area (Å²) in [5, 5.41) is 8.98. The highest BCUT2D eigenvalue weighted by atomic mass is 16.4. The average Bonchev–Trinajstić information content (AvgIpc) is 2.90. The topological polar surface area (TPSA) is 92.8 Å². The van der Waals surface area contributed by atoms with Gasteiger partial charge >= 0.3 is 11.7 Å². The van der Waals surface area contributed by atoms with Crippen molar-refractivity contribution >= 4 is 23.0 Å². The van der Waals surface area contributed by atoms with Crippen molar-refractivity contribution in [3.8, 4) is 0 Å². The van der Waals surface area contributed by atoms with Gasteiger partial charge < -0.3 is 14.4 Å². The summed E-state index contributed by atoms with van der Waals surface area (Å²) in [4.78, 5) is 36.7. The third-order valence-corrected chi connectivity index (χ3v) is 4.54. The number of rotatable bonds is 5. The minimum atomic E-state index is -0.784. The van der Waals surface area contributed by atoms with E-state index in [1.807, 2.05) is 12.1 Å². The zero-order chi connectivity index (χ0) is 17.1. The zero-order valence-corrected chi connectivity index (χ0v) is 13.3. The minimum Gasteiger partial charge on any atom is -0.481 e. The van der Waals surface area contributed by atoms with E-state index in [2.05, 4.69) is 0 Å². The van der Waals surface area contributed by atoms with Crippen LogP contribution < -0.4 is 5.76 Å². The first-order chi connectivity index (χ1) is 11.6. The molecule has 1 N–H and O–H groups in total. The summed E-state index contributed by atoms with van der Waals surface area (Å²) in [7, 11) is 0. The first kappa shape index (κ1) is 16.3. The van der Waals surface area contributed by atoms with Crippen LogP contribution in [-0.4, -0.2) is 39.5 Å². The molecule has 0 aliphatic carbocycles. The summed E-state index contributed by atoms with van der Waals surface area (Å²) in [6.45, 7) is 1.40. The molecule has 2 heterocycles. The molecule has 0 unspecified atom stereocenters. The van der Waals surface area contributed by atoms with Crippen LogP contribution in [0.3, 0.4) is 0 Å². The molecular formula is C17H20N2O5. The number of oxazole rings is 1. The predicted octanol–water partition coefficient (Wildman–Crippen LogP) is 1.70. The molecular weight excluding hydrogens is 312 g/mol. The molecule has 0 saturated carbocycles. The van der Waals surface area contributed by atoms with E-state index in [4.69, 9.17) is 9.52 Å². The Morgan fingerprint density at radius 1 is 1.21 bits per heavy atom. The van der Waals surface area contributed by atoms with Crippen molar-refractivity contribution in [2.24, 2.45) is 5.92 Å². The molecule has 1 aromatic heterocycles. The number of carboxylic acids is 1. The van der Waals surface area contributed by atoms with E-state index in [0.717, 1.165) is 5.52 Å². The number of piperidine rings is 1. The SMILES string of the molecule is O=C(O)C1CCN(C(=O)CCCn2c(=O)oc3ccccc32)CC1. The monoisotopic (exact) mass is 332 g/mol. The Morgan fingerprint density at radius 3 is 2.62 bits per heavy atom. The van der Waals surface area contributed by atoms with Crippen LogP contribution in [0.2, 0.25) is 0 Å². The lowest BCUT2D eigenvalue weighted by molar-refractivity contribution is -0.145. The lowest BCUT2D eigenvalue weighted by Crippen LogP contribution is -2.40. The number of carbonyl (C=O) groups is 2. The fourth-order valence-corrected chi connectivity index (χ4v) is 3.15. The number of aliphatic carboxylic acids is 1. The van der Waals surface area contributed by atoms with Crippen molar-refractivity contribution in [3.63, 3.8) is 0 Å². The molecule has 0 bridgehead atoms. The molecule has 24 heavy (non-hydrogen) atoms.